The molecule has 0 spiro atoms. The highest BCUT2D eigenvalue weighted by atomic mass is 16.7. The van der Waals surface area contributed by atoms with Gasteiger partial charge in [0.25, 0.3) is 5.91 Å². The summed E-state index contributed by atoms with van der Waals surface area (Å²) in [5.41, 5.74) is 3.01. The molecule has 29 heavy (non-hydrogen) atoms. The molecule has 0 radical (unpaired) electrons. The molecule has 1 fully saturated rings. The highest BCUT2D eigenvalue weighted by Gasteiger charge is 2.44. The van der Waals surface area contributed by atoms with Gasteiger partial charge in [0.05, 0.1) is 6.61 Å². The number of aliphatic hydroxyl groups is 4. The van der Waals surface area contributed by atoms with Crippen molar-refractivity contribution in [1.82, 2.24) is 5.32 Å². The van der Waals surface area contributed by atoms with Gasteiger partial charge in [0, 0.05) is 12.6 Å². The Morgan fingerprint density at radius 1 is 1.07 bits per heavy atom. The van der Waals surface area contributed by atoms with E-state index in [4.69, 9.17) is 9.47 Å². The lowest BCUT2D eigenvalue weighted by Crippen LogP contribution is -2.60. The molecule has 0 unspecified atom stereocenters. The molecule has 0 aliphatic carbocycles. The van der Waals surface area contributed by atoms with Crippen LogP contribution in [0.2, 0.25) is 0 Å². The van der Waals surface area contributed by atoms with Crippen molar-refractivity contribution >= 4 is 5.91 Å². The Kier molecular flexibility index (Phi) is 6.51. The van der Waals surface area contributed by atoms with Crippen LogP contribution < -0.4 is 10.1 Å². The number of aliphatic hydroxyl groups excluding tert-OH is 4. The Labute approximate surface area is 168 Å². The van der Waals surface area contributed by atoms with Crippen LogP contribution in [-0.2, 0) is 4.74 Å². The van der Waals surface area contributed by atoms with Gasteiger partial charge in [-0.3, -0.25) is 4.79 Å². The molecule has 1 amide bonds. The van der Waals surface area contributed by atoms with Gasteiger partial charge in [-0.2, -0.15) is 0 Å². The van der Waals surface area contributed by atoms with Crippen molar-refractivity contribution in [1.29, 1.82) is 0 Å². The maximum atomic E-state index is 11.8. The van der Waals surface area contributed by atoms with Crippen molar-refractivity contribution in [3.63, 3.8) is 0 Å². The van der Waals surface area contributed by atoms with Gasteiger partial charge in [-0.25, -0.2) is 0 Å². The van der Waals surface area contributed by atoms with Gasteiger partial charge < -0.3 is 35.2 Å². The minimum Gasteiger partial charge on any atom is -0.462 e. The molecule has 5 atom stereocenters. The molecular formula is C21H25NO7. The number of rotatable bonds is 5. The third kappa shape index (κ3) is 4.42. The van der Waals surface area contributed by atoms with Crippen LogP contribution >= 0.6 is 0 Å². The van der Waals surface area contributed by atoms with Crippen LogP contribution in [-0.4, -0.2) is 70.7 Å². The fourth-order valence-electron chi connectivity index (χ4n) is 3.24. The first-order valence-corrected chi connectivity index (χ1v) is 9.26. The molecule has 0 bridgehead atoms. The van der Waals surface area contributed by atoms with Gasteiger partial charge in [0.1, 0.15) is 30.2 Å². The first-order valence-electron chi connectivity index (χ1n) is 9.26. The SMILES string of the molecule is CNC(=O)c1cccc(-c2ccc(O[C@H]3O[C@H](CO)[C@@H](O)[C@@H](O)[C@H]3O)c(C)c2)c1. The highest BCUT2D eigenvalue weighted by molar-refractivity contribution is 5.95. The molecule has 1 heterocycles. The van der Waals surface area contributed by atoms with Gasteiger partial charge in [-0.05, 0) is 47.9 Å². The quantitative estimate of drug-likeness (QED) is 0.482. The van der Waals surface area contributed by atoms with E-state index in [0.29, 0.717) is 11.3 Å². The van der Waals surface area contributed by atoms with E-state index in [0.717, 1.165) is 16.7 Å². The van der Waals surface area contributed by atoms with Crippen LogP contribution in [0.25, 0.3) is 11.1 Å². The number of aryl methyl sites for hydroxylation is 1. The Morgan fingerprint density at radius 3 is 2.45 bits per heavy atom. The van der Waals surface area contributed by atoms with Crippen molar-refractivity contribution in [2.75, 3.05) is 13.7 Å². The lowest BCUT2D eigenvalue weighted by molar-refractivity contribution is -0.277. The summed E-state index contributed by atoms with van der Waals surface area (Å²) in [7, 11) is 1.57. The van der Waals surface area contributed by atoms with Gasteiger partial charge in [0.2, 0.25) is 6.29 Å². The number of carbonyl (C=O) groups is 1. The molecule has 3 rings (SSSR count). The Balaban J connectivity index is 1.81. The van der Waals surface area contributed by atoms with Crippen molar-refractivity contribution in [2.45, 2.75) is 37.6 Å². The second-order valence-electron chi connectivity index (χ2n) is 6.96. The van der Waals surface area contributed by atoms with Crippen LogP contribution in [0.15, 0.2) is 42.5 Å². The first-order chi connectivity index (χ1) is 13.8. The van der Waals surface area contributed by atoms with E-state index < -0.39 is 37.3 Å². The Hall–Kier alpha value is -2.49. The molecular weight excluding hydrogens is 378 g/mol. The number of hydrogen-bond acceptors (Lipinski definition) is 7. The second-order valence-corrected chi connectivity index (χ2v) is 6.96. The lowest BCUT2D eigenvalue weighted by Gasteiger charge is -2.39. The molecule has 0 aromatic heterocycles. The van der Waals surface area contributed by atoms with E-state index in [9.17, 15) is 25.2 Å². The predicted molar refractivity (Wildman–Crippen MR) is 104 cm³/mol. The van der Waals surface area contributed by atoms with Crippen LogP contribution in [0, 0.1) is 6.92 Å². The maximum absolute atomic E-state index is 11.8. The maximum Gasteiger partial charge on any atom is 0.251 e. The third-order valence-corrected chi connectivity index (χ3v) is 4.95. The smallest absolute Gasteiger partial charge is 0.251 e. The average Bonchev–Trinajstić information content (AvgIpc) is 2.74. The summed E-state index contributed by atoms with van der Waals surface area (Å²) in [4.78, 5) is 11.8. The lowest BCUT2D eigenvalue weighted by atomic mass is 9.99. The van der Waals surface area contributed by atoms with Gasteiger partial charge >= 0.3 is 0 Å². The monoisotopic (exact) mass is 403 g/mol. The van der Waals surface area contributed by atoms with Crippen LogP contribution in [0.3, 0.4) is 0 Å². The molecule has 8 nitrogen and oxygen atoms in total. The molecule has 5 N–H and O–H groups in total. The van der Waals surface area contributed by atoms with Gasteiger partial charge in [-0.15, -0.1) is 0 Å². The number of carbonyl (C=O) groups excluding carboxylic acids is 1. The largest absolute Gasteiger partial charge is 0.462 e. The average molecular weight is 403 g/mol. The highest BCUT2D eigenvalue weighted by Crippen LogP contribution is 2.30. The number of nitrogens with one attached hydrogen (secondary N) is 1. The van der Waals surface area contributed by atoms with E-state index in [-0.39, 0.29) is 5.91 Å². The molecule has 0 saturated carbocycles. The number of ether oxygens (including phenoxy) is 2. The summed E-state index contributed by atoms with van der Waals surface area (Å²) in [5.74, 6) is 0.242. The molecule has 156 valence electrons. The van der Waals surface area contributed by atoms with Crippen LogP contribution in [0.4, 0.5) is 0 Å². The first kappa shape index (κ1) is 21.2. The van der Waals surface area contributed by atoms with Crippen molar-refractivity contribution in [3.05, 3.63) is 53.6 Å². The van der Waals surface area contributed by atoms with Gasteiger partial charge in [-0.1, -0.05) is 18.2 Å². The summed E-state index contributed by atoms with van der Waals surface area (Å²) in [6.07, 6.45) is -6.70. The summed E-state index contributed by atoms with van der Waals surface area (Å²) in [5, 5.41) is 41.8. The van der Waals surface area contributed by atoms with Crippen molar-refractivity contribution in [3.8, 4) is 16.9 Å². The minimum absolute atomic E-state index is 0.175. The van der Waals surface area contributed by atoms with E-state index in [2.05, 4.69) is 5.32 Å². The molecule has 2 aromatic rings. The fourth-order valence-corrected chi connectivity index (χ4v) is 3.24. The summed E-state index contributed by atoms with van der Waals surface area (Å²) in [6.45, 7) is 1.29. The number of amides is 1. The van der Waals surface area contributed by atoms with Gasteiger partial charge in [0.15, 0.2) is 0 Å². The van der Waals surface area contributed by atoms with Crippen LogP contribution in [0.5, 0.6) is 5.75 Å². The van der Waals surface area contributed by atoms with E-state index in [1.807, 2.05) is 19.1 Å². The normalized spacial score (nSPS) is 26.8. The third-order valence-electron chi connectivity index (χ3n) is 4.95. The van der Waals surface area contributed by atoms with Crippen LogP contribution in [0.1, 0.15) is 15.9 Å². The summed E-state index contributed by atoms with van der Waals surface area (Å²) in [6, 6.07) is 12.6. The number of hydrogen-bond donors (Lipinski definition) is 5. The standard InChI is InChI=1S/C21H25NO7/c1-11-8-13(12-4-3-5-14(9-12)20(27)22-2)6-7-15(11)28-21-19(26)18(25)17(24)16(10-23)29-21/h3-9,16-19,21,23-26H,10H2,1-2H3,(H,22,27)/t16-,17-,18-,19-,21+/m1/s1. The van der Waals surface area contributed by atoms with E-state index in [1.165, 1.54) is 0 Å². The van der Waals surface area contributed by atoms with Crippen molar-refractivity contribution in [2.24, 2.45) is 0 Å². The Bertz CT molecular complexity index is 870. The molecule has 1 saturated heterocycles. The topological polar surface area (TPSA) is 128 Å². The van der Waals surface area contributed by atoms with Crippen molar-refractivity contribution < 1.29 is 34.7 Å². The summed E-state index contributed by atoms with van der Waals surface area (Å²) < 4.78 is 11.1. The molecule has 2 aromatic carbocycles. The molecule has 1 aliphatic rings. The summed E-state index contributed by atoms with van der Waals surface area (Å²) >= 11 is 0. The zero-order chi connectivity index (χ0) is 21.1. The Morgan fingerprint density at radius 2 is 1.79 bits per heavy atom. The zero-order valence-electron chi connectivity index (χ0n) is 16.1. The molecule has 1 aliphatic heterocycles. The zero-order valence-corrected chi connectivity index (χ0v) is 16.1. The van der Waals surface area contributed by atoms with E-state index in [1.54, 1.807) is 37.4 Å². The fraction of sp³-hybridized carbons (Fsp3) is 0.381. The van der Waals surface area contributed by atoms with E-state index >= 15 is 0 Å². The molecule has 8 heteroatoms. The number of benzene rings is 2. The predicted octanol–water partition coefficient (Wildman–Crippen LogP) is 0.200. The minimum atomic E-state index is -1.50. The second kappa shape index (κ2) is 8.89.